The first-order valence-corrected chi connectivity index (χ1v) is 6.52. The monoisotopic (exact) mass is 357 g/mol. The standard InChI is InChI=1S/C14H10F3N3O5/c15-14(16,17)25-12-4-2-1-3-10(12)19(13(18)22)9-6-5-8(20(23)24)7-11(9)21/h1-7,21H,(H2,18,22). The molecule has 132 valence electrons. The SMILES string of the molecule is NC(=O)N(c1ccc([N+](=O)[O-])cc1O)c1ccccc1OC(F)(F)F. The number of hydrogen-bond donors (Lipinski definition) is 2. The van der Waals surface area contributed by atoms with Gasteiger partial charge >= 0.3 is 12.4 Å². The number of amides is 2. The maximum atomic E-state index is 12.5. The van der Waals surface area contributed by atoms with Gasteiger partial charge in [-0.15, -0.1) is 13.2 Å². The Morgan fingerprint density at radius 2 is 1.84 bits per heavy atom. The van der Waals surface area contributed by atoms with Crippen LogP contribution in [0.1, 0.15) is 0 Å². The van der Waals surface area contributed by atoms with E-state index in [0.29, 0.717) is 4.90 Å². The summed E-state index contributed by atoms with van der Waals surface area (Å²) in [5.41, 5.74) is 3.97. The van der Waals surface area contributed by atoms with E-state index < -0.39 is 40.2 Å². The predicted octanol–water partition coefficient (Wildman–Crippen LogP) is 3.42. The lowest BCUT2D eigenvalue weighted by molar-refractivity contribution is -0.384. The van der Waals surface area contributed by atoms with E-state index in [-0.39, 0.29) is 5.69 Å². The van der Waals surface area contributed by atoms with Gasteiger partial charge in [-0.05, 0) is 18.2 Å². The highest BCUT2D eigenvalue weighted by Gasteiger charge is 2.34. The predicted molar refractivity (Wildman–Crippen MR) is 79.6 cm³/mol. The van der Waals surface area contributed by atoms with Crippen LogP contribution in [0.4, 0.5) is 35.0 Å². The van der Waals surface area contributed by atoms with Crippen LogP contribution in [0.5, 0.6) is 11.5 Å². The minimum Gasteiger partial charge on any atom is -0.505 e. The third-order valence-electron chi connectivity index (χ3n) is 2.96. The van der Waals surface area contributed by atoms with E-state index in [4.69, 9.17) is 5.73 Å². The Hall–Kier alpha value is -3.50. The highest BCUT2D eigenvalue weighted by molar-refractivity contribution is 6.01. The molecule has 0 bridgehead atoms. The van der Waals surface area contributed by atoms with Gasteiger partial charge in [0, 0.05) is 6.07 Å². The summed E-state index contributed by atoms with van der Waals surface area (Å²) in [4.78, 5) is 22.2. The first-order chi connectivity index (χ1) is 11.6. The summed E-state index contributed by atoms with van der Waals surface area (Å²) >= 11 is 0. The van der Waals surface area contributed by atoms with Crippen molar-refractivity contribution in [3.8, 4) is 11.5 Å². The Morgan fingerprint density at radius 3 is 2.36 bits per heavy atom. The lowest BCUT2D eigenvalue weighted by Gasteiger charge is -2.24. The third kappa shape index (κ3) is 4.07. The number of nitrogens with zero attached hydrogens (tertiary/aromatic N) is 2. The summed E-state index contributed by atoms with van der Waals surface area (Å²) < 4.78 is 41.4. The fraction of sp³-hybridized carbons (Fsp3) is 0.0714. The lowest BCUT2D eigenvalue weighted by atomic mass is 10.2. The number of carbonyl (C=O) groups excluding carboxylic acids is 1. The molecular weight excluding hydrogens is 347 g/mol. The molecule has 25 heavy (non-hydrogen) atoms. The number of non-ortho nitro benzene ring substituents is 1. The molecule has 0 saturated heterocycles. The fourth-order valence-corrected chi connectivity index (χ4v) is 2.03. The van der Waals surface area contributed by atoms with Crippen molar-refractivity contribution < 1.29 is 32.7 Å². The van der Waals surface area contributed by atoms with Crippen LogP contribution < -0.4 is 15.4 Å². The number of nitro benzene ring substituents is 1. The maximum absolute atomic E-state index is 12.5. The number of ether oxygens (including phenoxy) is 1. The van der Waals surface area contributed by atoms with Gasteiger partial charge in [-0.2, -0.15) is 0 Å². The molecule has 0 heterocycles. The van der Waals surface area contributed by atoms with Crippen LogP contribution >= 0.6 is 0 Å². The summed E-state index contributed by atoms with van der Waals surface area (Å²) in [5, 5.41) is 20.6. The summed E-state index contributed by atoms with van der Waals surface area (Å²) in [6, 6.07) is 6.03. The van der Waals surface area contributed by atoms with Crippen LogP contribution in [0, 0.1) is 10.1 Å². The Kier molecular flexibility index (Phi) is 4.68. The molecule has 2 amide bonds. The fourth-order valence-electron chi connectivity index (χ4n) is 2.03. The number of primary amides is 1. The van der Waals surface area contributed by atoms with Crippen molar-refractivity contribution >= 4 is 23.1 Å². The molecule has 8 nitrogen and oxygen atoms in total. The molecule has 2 rings (SSSR count). The second-order valence-electron chi connectivity index (χ2n) is 4.62. The molecule has 0 aromatic heterocycles. The Balaban J connectivity index is 2.57. The van der Waals surface area contributed by atoms with Gasteiger partial charge in [-0.1, -0.05) is 12.1 Å². The van der Waals surface area contributed by atoms with E-state index in [0.717, 1.165) is 30.3 Å². The number of rotatable bonds is 4. The molecule has 2 aromatic carbocycles. The minimum absolute atomic E-state index is 0.351. The molecule has 0 aliphatic heterocycles. The average Bonchev–Trinajstić information content (AvgIpc) is 2.48. The first kappa shape index (κ1) is 17.8. The summed E-state index contributed by atoms with van der Waals surface area (Å²) in [6.07, 6.45) is -5.03. The molecule has 0 fully saturated rings. The number of phenols is 1. The number of urea groups is 1. The Bertz CT molecular complexity index is 826. The van der Waals surface area contributed by atoms with Crippen LogP contribution in [0.15, 0.2) is 42.5 Å². The largest absolute Gasteiger partial charge is 0.573 e. The molecule has 3 N–H and O–H groups in total. The Labute approximate surface area is 138 Å². The number of phenolic OH excluding ortho intramolecular Hbond substituents is 1. The second-order valence-corrected chi connectivity index (χ2v) is 4.62. The van der Waals surface area contributed by atoms with Gasteiger partial charge in [-0.3, -0.25) is 15.0 Å². The van der Waals surface area contributed by atoms with Gasteiger partial charge in [-0.25, -0.2) is 4.79 Å². The van der Waals surface area contributed by atoms with Gasteiger partial charge in [0.25, 0.3) is 5.69 Å². The number of hydrogen-bond acceptors (Lipinski definition) is 5. The summed E-state index contributed by atoms with van der Waals surface area (Å²) in [5.74, 6) is -1.47. The lowest BCUT2D eigenvalue weighted by Crippen LogP contribution is -2.32. The zero-order chi connectivity index (χ0) is 18.8. The molecule has 0 aliphatic carbocycles. The van der Waals surface area contributed by atoms with Crippen molar-refractivity contribution in [1.82, 2.24) is 0 Å². The summed E-state index contributed by atoms with van der Waals surface area (Å²) in [6.45, 7) is 0. The van der Waals surface area contributed by atoms with E-state index in [1.54, 1.807) is 0 Å². The van der Waals surface area contributed by atoms with E-state index in [1.165, 1.54) is 12.1 Å². The van der Waals surface area contributed by atoms with Crippen molar-refractivity contribution in [3.05, 3.63) is 52.6 Å². The number of nitrogens with two attached hydrogens (primary N) is 1. The average molecular weight is 357 g/mol. The topological polar surface area (TPSA) is 119 Å². The third-order valence-corrected chi connectivity index (χ3v) is 2.96. The molecule has 0 radical (unpaired) electrons. The number of carbonyl (C=O) groups is 1. The number of halogens is 3. The van der Waals surface area contributed by atoms with E-state index in [2.05, 4.69) is 4.74 Å². The number of benzene rings is 2. The molecular formula is C14H10F3N3O5. The Morgan fingerprint density at radius 1 is 1.20 bits per heavy atom. The van der Waals surface area contributed by atoms with Crippen molar-refractivity contribution in [3.63, 3.8) is 0 Å². The minimum atomic E-state index is -5.03. The maximum Gasteiger partial charge on any atom is 0.573 e. The van der Waals surface area contributed by atoms with E-state index in [9.17, 15) is 33.2 Å². The molecule has 0 aliphatic rings. The number of para-hydroxylation sites is 2. The number of anilines is 2. The molecule has 2 aromatic rings. The molecule has 11 heteroatoms. The van der Waals surface area contributed by atoms with Crippen LogP contribution in [0.25, 0.3) is 0 Å². The van der Waals surface area contributed by atoms with Crippen LogP contribution in [0.3, 0.4) is 0 Å². The zero-order valence-corrected chi connectivity index (χ0v) is 12.2. The zero-order valence-electron chi connectivity index (χ0n) is 12.2. The molecule has 0 spiro atoms. The van der Waals surface area contributed by atoms with Crippen molar-refractivity contribution in [2.24, 2.45) is 5.73 Å². The highest BCUT2D eigenvalue weighted by atomic mass is 19.4. The first-order valence-electron chi connectivity index (χ1n) is 6.52. The van der Waals surface area contributed by atoms with Gasteiger partial charge in [0.2, 0.25) is 0 Å². The van der Waals surface area contributed by atoms with Crippen molar-refractivity contribution in [2.75, 3.05) is 4.90 Å². The van der Waals surface area contributed by atoms with Gasteiger partial charge in [0.15, 0.2) is 5.75 Å². The van der Waals surface area contributed by atoms with Gasteiger partial charge in [0.1, 0.15) is 5.75 Å². The number of aromatic hydroxyl groups is 1. The van der Waals surface area contributed by atoms with E-state index in [1.807, 2.05) is 0 Å². The summed E-state index contributed by atoms with van der Waals surface area (Å²) in [7, 11) is 0. The van der Waals surface area contributed by atoms with Gasteiger partial charge < -0.3 is 15.6 Å². The second kappa shape index (κ2) is 6.55. The number of nitro groups is 1. The van der Waals surface area contributed by atoms with Crippen LogP contribution in [-0.2, 0) is 0 Å². The molecule has 0 saturated carbocycles. The van der Waals surface area contributed by atoms with Gasteiger partial charge in [0.05, 0.1) is 22.4 Å². The smallest absolute Gasteiger partial charge is 0.505 e. The normalized spacial score (nSPS) is 11.0. The highest BCUT2D eigenvalue weighted by Crippen LogP contribution is 2.40. The van der Waals surface area contributed by atoms with Crippen LogP contribution in [0.2, 0.25) is 0 Å². The number of alkyl halides is 3. The van der Waals surface area contributed by atoms with Crippen molar-refractivity contribution in [2.45, 2.75) is 6.36 Å². The quantitative estimate of drug-likeness (QED) is 0.642. The van der Waals surface area contributed by atoms with Crippen molar-refractivity contribution in [1.29, 1.82) is 0 Å². The molecule has 0 unspecified atom stereocenters. The van der Waals surface area contributed by atoms with Crippen LogP contribution in [-0.4, -0.2) is 22.4 Å². The van der Waals surface area contributed by atoms with E-state index >= 15 is 0 Å². The molecule has 0 atom stereocenters.